The molecule has 1 aliphatic heterocycles. The van der Waals surface area contributed by atoms with E-state index in [1.54, 1.807) is 12.3 Å². The van der Waals surface area contributed by atoms with Crippen molar-refractivity contribution in [2.24, 2.45) is 0 Å². The molecule has 0 spiro atoms. The van der Waals surface area contributed by atoms with Crippen molar-refractivity contribution in [3.05, 3.63) is 23.9 Å². The van der Waals surface area contributed by atoms with Crippen molar-refractivity contribution >= 4 is 5.82 Å². The van der Waals surface area contributed by atoms with Crippen LogP contribution in [-0.4, -0.2) is 29.3 Å². The summed E-state index contributed by atoms with van der Waals surface area (Å²) in [4.78, 5) is 6.25. The molecular weight excluding hydrogens is 190 g/mol. The van der Waals surface area contributed by atoms with Gasteiger partial charge in [0.25, 0.3) is 0 Å². The van der Waals surface area contributed by atoms with Gasteiger partial charge in [-0.15, -0.1) is 0 Å². The summed E-state index contributed by atoms with van der Waals surface area (Å²) in [7, 11) is 0. The van der Waals surface area contributed by atoms with Crippen LogP contribution in [-0.2, 0) is 0 Å². The molecule has 1 fully saturated rings. The van der Waals surface area contributed by atoms with Gasteiger partial charge in [-0.2, -0.15) is 5.26 Å². The maximum atomic E-state index is 9.52. The summed E-state index contributed by atoms with van der Waals surface area (Å²) in [6.45, 7) is 1.56. The predicted molar refractivity (Wildman–Crippen MR) is 56.4 cm³/mol. The number of aromatic nitrogens is 1. The molecule has 1 atom stereocenters. The van der Waals surface area contributed by atoms with Crippen molar-refractivity contribution in [1.82, 2.24) is 4.98 Å². The highest BCUT2D eigenvalue weighted by Gasteiger charge is 2.18. The number of hydrogen-bond acceptors (Lipinski definition) is 4. The summed E-state index contributed by atoms with van der Waals surface area (Å²) in [6, 6.07) is 5.62. The van der Waals surface area contributed by atoms with Crippen molar-refractivity contribution in [2.75, 3.05) is 18.0 Å². The lowest BCUT2D eigenvalue weighted by Crippen LogP contribution is -2.38. The first-order valence-electron chi connectivity index (χ1n) is 5.09. The zero-order valence-corrected chi connectivity index (χ0v) is 8.43. The minimum absolute atomic E-state index is 0.254. The fourth-order valence-corrected chi connectivity index (χ4v) is 1.80. The van der Waals surface area contributed by atoms with Gasteiger partial charge in [-0.05, 0) is 25.0 Å². The van der Waals surface area contributed by atoms with Crippen LogP contribution in [0, 0.1) is 11.3 Å². The molecular formula is C11H13N3O. The number of anilines is 1. The molecule has 1 aromatic rings. The number of nitrogens with zero attached hydrogens (tertiary/aromatic N) is 3. The quantitative estimate of drug-likeness (QED) is 0.737. The summed E-state index contributed by atoms with van der Waals surface area (Å²) < 4.78 is 0. The number of nitriles is 1. The number of aliphatic hydroxyl groups excluding tert-OH is 1. The van der Waals surface area contributed by atoms with Crippen molar-refractivity contribution in [3.63, 3.8) is 0 Å². The third-order valence-electron chi connectivity index (χ3n) is 2.60. The number of hydrogen-bond donors (Lipinski definition) is 1. The topological polar surface area (TPSA) is 60.2 Å². The van der Waals surface area contributed by atoms with Crippen LogP contribution in [0.5, 0.6) is 0 Å². The van der Waals surface area contributed by atoms with Gasteiger partial charge in [0, 0.05) is 19.3 Å². The molecule has 0 aliphatic carbocycles. The smallest absolute Gasteiger partial charge is 0.128 e. The molecule has 1 aromatic heterocycles. The number of aliphatic hydroxyl groups is 1. The Balaban J connectivity index is 2.12. The van der Waals surface area contributed by atoms with Gasteiger partial charge in [-0.1, -0.05) is 0 Å². The lowest BCUT2D eigenvalue weighted by Gasteiger charge is -2.30. The molecule has 0 bridgehead atoms. The standard InChI is InChI=1S/C11H13N3O/c12-6-9-3-4-11(13-7-9)14-5-1-2-10(15)8-14/h3-4,7,10,15H,1-2,5,8H2/t10-/m0/s1. The lowest BCUT2D eigenvalue weighted by molar-refractivity contribution is 0.154. The largest absolute Gasteiger partial charge is 0.391 e. The average Bonchev–Trinajstić information content (AvgIpc) is 2.29. The van der Waals surface area contributed by atoms with E-state index in [1.165, 1.54) is 0 Å². The van der Waals surface area contributed by atoms with Crippen LogP contribution in [0.15, 0.2) is 18.3 Å². The number of β-amino-alcohol motifs (C(OH)–C–C–N with tert-alkyl or cyclic N) is 1. The van der Waals surface area contributed by atoms with Crippen molar-refractivity contribution < 1.29 is 5.11 Å². The van der Waals surface area contributed by atoms with Crippen LogP contribution in [0.3, 0.4) is 0 Å². The Bertz CT molecular complexity index is 368. The predicted octanol–water partition coefficient (Wildman–Crippen LogP) is 0.914. The van der Waals surface area contributed by atoms with E-state index in [4.69, 9.17) is 5.26 Å². The minimum atomic E-state index is -0.254. The Morgan fingerprint density at radius 1 is 1.53 bits per heavy atom. The molecule has 15 heavy (non-hydrogen) atoms. The van der Waals surface area contributed by atoms with Crippen molar-refractivity contribution in [2.45, 2.75) is 18.9 Å². The molecule has 2 heterocycles. The summed E-state index contributed by atoms with van der Waals surface area (Å²) in [5.74, 6) is 0.841. The van der Waals surface area contributed by atoms with Crippen LogP contribution >= 0.6 is 0 Å². The molecule has 0 unspecified atom stereocenters. The zero-order chi connectivity index (χ0) is 10.7. The van der Waals surface area contributed by atoms with Gasteiger partial charge in [-0.25, -0.2) is 4.98 Å². The van der Waals surface area contributed by atoms with Crippen LogP contribution < -0.4 is 4.90 Å². The van der Waals surface area contributed by atoms with E-state index in [2.05, 4.69) is 9.88 Å². The van der Waals surface area contributed by atoms with E-state index >= 15 is 0 Å². The normalized spacial score (nSPS) is 21.1. The molecule has 1 aliphatic rings. The number of piperidine rings is 1. The molecule has 0 radical (unpaired) electrons. The molecule has 0 saturated carbocycles. The molecule has 1 N–H and O–H groups in total. The third-order valence-corrected chi connectivity index (χ3v) is 2.60. The van der Waals surface area contributed by atoms with Gasteiger partial charge >= 0.3 is 0 Å². The maximum absolute atomic E-state index is 9.52. The lowest BCUT2D eigenvalue weighted by atomic mass is 10.1. The highest BCUT2D eigenvalue weighted by atomic mass is 16.3. The van der Waals surface area contributed by atoms with Crippen molar-refractivity contribution in [1.29, 1.82) is 5.26 Å². The van der Waals surface area contributed by atoms with Crippen LogP contribution in [0.1, 0.15) is 18.4 Å². The average molecular weight is 203 g/mol. The molecule has 78 valence electrons. The number of pyridine rings is 1. The van der Waals surface area contributed by atoms with Gasteiger partial charge < -0.3 is 10.0 Å². The monoisotopic (exact) mass is 203 g/mol. The van der Waals surface area contributed by atoms with Gasteiger partial charge in [0.15, 0.2) is 0 Å². The summed E-state index contributed by atoms with van der Waals surface area (Å²) >= 11 is 0. The van der Waals surface area contributed by atoms with Crippen LogP contribution in [0.25, 0.3) is 0 Å². The van der Waals surface area contributed by atoms with Crippen LogP contribution in [0.2, 0.25) is 0 Å². The second-order valence-corrected chi connectivity index (χ2v) is 3.76. The Hall–Kier alpha value is -1.60. The van der Waals surface area contributed by atoms with Gasteiger partial charge in [0.1, 0.15) is 11.9 Å². The Morgan fingerprint density at radius 2 is 2.40 bits per heavy atom. The summed E-state index contributed by atoms with van der Waals surface area (Å²) in [5.41, 5.74) is 0.566. The Labute approximate surface area is 88.8 Å². The first-order valence-corrected chi connectivity index (χ1v) is 5.09. The maximum Gasteiger partial charge on any atom is 0.128 e. The first-order chi connectivity index (χ1) is 7.29. The minimum Gasteiger partial charge on any atom is -0.391 e. The fraction of sp³-hybridized carbons (Fsp3) is 0.455. The Kier molecular flexibility index (Phi) is 2.84. The zero-order valence-electron chi connectivity index (χ0n) is 8.43. The fourth-order valence-electron chi connectivity index (χ4n) is 1.80. The summed E-state index contributed by atoms with van der Waals surface area (Å²) in [6.07, 6.45) is 3.17. The van der Waals surface area contributed by atoms with Crippen LogP contribution in [0.4, 0.5) is 5.82 Å². The summed E-state index contributed by atoms with van der Waals surface area (Å²) in [5, 5.41) is 18.2. The second kappa shape index (κ2) is 4.28. The van der Waals surface area contributed by atoms with E-state index in [-0.39, 0.29) is 6.10 Å². The van der Waals surface area contributed by atoms with Gasteiger partial charge in [0.2, 0.25) is 0 Å². The third kappa shape index (κ3) is 2.25. The molecule has 0 amide bonds. The highest BCUT2D eigenvalue weighted by Crippen LogP contribution is 2.17. The van der Waals surface area contributed by atoms with Gasteiger partial charge in [-0.3, -0.25) is 0 Å². The molecule has 4 heteroatoms. The van der Waals surface area contributed by atoms with Crippen molar-refractivity contribution in [3.8, 4) is 6.07 Å². The van der Waals surface area contributed by atoms with Gasteiger partial charge in [0.05, 0.1) is 11.7 Å². The Morgan fingerprint density at radius 3 is 3.00 bits per heavy atom. The van der Waals surface area contributed by atoms with E-state index in [9.17, 15) is 5.11 Å². The molecule has 1 saturated heterocycles. The molecule has 4 nitrogen and oxygen atoms in total. The number of rotatable bonds is 1. The molecule has 0 aromatic carbocycles. The first kappa shape index (κ1) is 9.94. The van der Waals surface area contributed by atoms with E-state index in [1.807, 2.05) is 12.1 Å². The van der Waals surface area contributed by atoms with E-state index in [0.717, 1.165) is 25.2 Å². The molecule has 2 rings (SSSR count). The van der Waals surface area contributed by atoms with E-state index < -0.39 is 0 Å². The second-order valence-electron chi connectivity index (χ2n) is 3.76. The highest BCUT2D eigenvalue weighted by molar-refractivity contribution is 5.42. The van der Waals surface area contributed by atoms with E-state index in [0.29, 0.717) is 12.1 Å². The SMILES string of the molecule is N#Cc1ccc(N2CCC[C@H](O)C2)nc1.